The topological polar surface area (TPSA) is 40.5 Å². The Bertz CT molecular complexity index is 203. The van der Waals surface area contributed by atoms with Crippen molar-refractivity contribution in [2.75, 3.05) is 6.61 Å². The van der Waals surface area contributed by atoms with Crippen LogP contribution in [-0.2, 0) is 0 Å². The van der Waals surface area contributed by atoms with Crippen molar-refractivity contribution in [3.63, 3.8) is 0 Å². The minimum Gasteiger partial charge on any atom is -0.396 e. The predicted molar refractivity (Wildman–Crippen MR) is 67.3 cm³/mol. The van der Waals surface area contributed by atoms with E-state index in [1.54, 1.807) is 0 Å². The highest BCUT2D eigenvalue weighted by Gasteiger charge is 2.47. The lowest BCUT2D eigenvalue weighted by atomic mass is 9.65. The summed E-state index contributed by atoms with van der Waals surface area (Å²) in [6.45, 7) is 6.56. The van der Waals surface area contributed by atoms with Gasteiger partial charge in [0.1, 0.15) is 0 Å². The molecule has 1 aliphatic rings. The summed E-state index contributed by atoms with van der Waals surface area (Å²) in [6.07, 6.45) is 6.86. The molecule has 0 aromatic heterocycles. The fraction of sp³-hybridized carbons (Fsp3) is 1.00. The van der Waals surface area contributed by atoms with Crippen molar-refractivity contribution in [2.24, 2.45) is 11.3 Å². The zero-order chi connectivity index (χ0) is 12.2. The summed E-state index contributed by atoms with van der Waals surface area (Å²) in [5.41, 5.74) is -0.924. The van der Waals surface area contributed by atoms with Crippen molar-refractivity contribution in [1.29, 1.82) is 0 Å². The van der Waals surface area contributed by atoms with Crippen LogP contribution in [0.5, 0.6) is 0 Å². The van der Waals surface area contributed by atoms with Crippen molar-refractivity contribution in [3.8, 4) is 0 Å². The van der Waals surface area contributed by atoms with Crippen molar-refractivity contribution in [3.05, 3.63) is 0 Å². The Kier molecular flexibility index (Phi) is 4.81. The van der Waals surface area contributed by atoms with E-state index in [1.807, 2.05) is 0 Å². The molecule has 0 radical (unpaired) electrons. The molecule has 2 N–H and O–H groups in total. The second kappa shape index (κ2) is 5.50. The third-order valence-corrected chi connectivity index (χ3v) is 4.98. The van der Waals surface area contributed by atoms with E-state index >= 15 is 0 Å². The monoisotopic (exact) mass is 228 g/mol. The highest BCUT2D eigenvalue weighted by atomic mass is 16.3. The molecular weight excluding hydrogens is 200 g/mol. The summed E-state index contributed by atoms with van der Waals surface area (Å²) in [4.78, 5) is 0. The van der Waals surface area contributed by atoms with Gasteiger partial charge in [0.05, 0.1) is 12.2 Å². The van der Waals surface area contributed by atoms with Crippen LogP contribution >= 0.6 is 0 Å². The Morgan fingerprint density at radius 2 is 1.81 bits per heavy atom. The maximum Gasteiger partial charge on any atom is 0.0725 e. The summed E-state index contributed by atoms with van der Waals surface area (Å²) in [5, 5.41) is 20.6. The van der Waals surface area contributed by atoms with Gasteiger partial charge in [0.15, 0.2) is 0 Å². The second-order valence-electron chi connectivity index (χ2n) is 5.71. The third-order valence-electron chi connectivity index (χ3n) is 4.98. The van der Waals surface area contributed by atoms with E-state index in [1.165, 1.54) is 6.42 Å². The fourth-order valence-electron chi connectivity index (χ4n) is 3.31. The highest BCUT2D eigenvalue weighted by Crippen LogP contribution is 2.46. The number of hydrogen-bond donors (Lipinski definition) is 2. The molecule has 0 aliphatic heterocycles. The molecule has 96 valence electrons. The van der Waals surface area contributed by atoms with Crippen LogP contribution in [0.1, 0.15) is 65.7 Å². The molecule has 0 amide bonds. The summed E-state index contributed by atoms with van der Waals surface area (Å²) in [6, 6.07) is 0. The molecule has 2 heteroatoms. The van der Waals surface area contributed by atoms with Gasteiger partial charge in [-0.05, 0) is 38.0 Å². The molecule has 0 aromatic carbocycles. The van der Waals surface area contributed by atoms with Gasteiger partial charge in [0.2, 0.25) is 0 Å². The molecule has 0 bridgehead atoms. The van der Waals surface area contributed by atoms with E-state index in [0.29, 0.717) is 0 Å². The highest BCUT2D eigenvalue weighted by molar-refractivity contribution is 4.98. The maximum absolute atomic E-state index is 10.9. The largest absolute Gasteiger partial charge is 0.396 e. The minimum absolute atomic E-state index is 0.116. The lowest BCUT2D eigenvalue weighted by Crippen LogP contribution is -2.50. The molecule has 1 rings (SSSR count). The minimum atomic E-state index is -0.643. The van der Waals surface area contributed by atoms with E-state index in [-0.39, 0.29) is 12.0 Å². The SMILES string of the molecule is CCC(CC)(CO)C1(O)CCCC(C)CC1. The van der Waals surface area contributed by atoms with E-state index in [2.05, 4.69) is 20.8 Å². The third kappa shape index (κ3) is 2.43. The normalized spacial score (nSPS) is 32.4. The molecular formula is C14H28O2. The van der Waals surface area contributed by atoms with Gasteiger partial charge in [-0.25, -0.2) is 0 Å². The Hall–Kier alpha value is -0.0800. The first-order valence-electron chi connectivity index (χ1n) is 6.87. The molecule has 2 unspecified atom stereocenters. The summed E-state index contributed by atoms with van der Waals surface area (Å²) in [7, 11) is 0. The Balaban J connectivity index is 2.87. The van der Waals surface area contributed by atoms with Gasteiger partial charge in [-0.3, -0.25) is 0 Å². The summed E-state index contributed by atoms with van der Waals surface area (Å²) in [5.74, 6) is 0.721. The number of rotatable bonds is 4. The molecule has 1 fully saturated rings. The average Bonchev–Trinajstić information content (AvgIpc) is 2.45. The first-order valence-corrected chi connectivity index (χ1v) is 6.87. The van der Waals surface area contributed by atoms with Crippen molar-refractivity contribution < 1.29 is 10.2 Å². The predicted octanol–water partition coefficient (Wildman–Crippen LogP) is 3.12. The van der Waals surface area contributed by atoms with E-state index in [0.717, 1.165) is 44.4 Å². The van der Waals surface area contributed by atoms with Gasteiger partial charge in [-0.1, -0.05) is 33.6 Å². The molecule has 16 heavy (non-hydrogen) atoms. The van der Waals surface area contributed by atoms with E-state index in [9.17, 15) is 10.2 Å². The maximum atomic E-state index is 10.9. The molecule has 2 nitrogen and oxygen atoms in total. The number of aliphatic hydroxyl groups excluding tert-OH is 1. The van der Waals surface area contributed by atoms with Crippen LogP contribution < -0.4 is 0 Å². The van der Waals surface area contributed by atoms with Gasteiger partial charge in [0, 0.05) is 5.41 Å². The fourth-order valence-corrected chi connectivity index (χ4v) is 3.31. The van der Waals surface area contributed by atoms with Crippen molar-refractivity contribution in [2.45, 2.75) is 71.3 Å². The molecule has 2 atom stereocenters. The van der Waals surface area contributed by atoms with Gasteiger partial charge in [0.25, 0.3) is 0 Å². The van der Waals surface area contributed by atoms with Crippen molar-refractivity contribution in [1.82, 2.24) is 0 Å². The Labute approximate surface area is 100 Å². The number of aliphatic hydroxyl groups is 2. The standard InChI is InChI=1S/C14H28O2/c1-4-13(5-2,11-15)14(16)9-6-7-12(3)8-10-14/h12,15-16H,4-11H2,1-3H3. The lowest BCUT2D eigenvalue weighted by Gasteiger charge is -2.45. The van der Waals surface area contributed by atoms with Crippen LogP contribution in [0.3, 0.4) is 0 Å². The first kappa shape index (κ1) is 14.0. The zero-order valence-electron chi connectivity index (χ0n) is 11.1. The second-order valence-corrected chi connectivity index (χ2v) is 5.71. The van der Waals surface area contributed by atoms with Gasteiger partial charge < -0.3 is 10.2 Å². The molecule has 1 saturated carbocycles. The van der Waals surface area contributed by atoms with Crippen LogP contribution in [0.4, 0.5) is 0 Å². The quantitative estimate of drug-likeness (QED) is 0.726. The smallest absolute Gasteiger partial charge is 0.0725 e. The zero-order valence-corrected chi connectivity index (χ0v) is 11.1. The molecule has 1 aliphatic carbocycles. The Morgan fingerprint density at radius 1 is 1.19 bits per heavy atom. The van der Waals surface area contributed by atoms with Gasteiger partial charge in [-0.15, -0.1) is 0 Å². The average molecular weight is 228 g/mol. The number of hydrogen-bond acceptors (Lipinski definition) is 2. The van der Waals surface area contributed by atoms with Gasteiger partial charge >= 0.3 is 0 Å². The van der Waals surface area contributed by atoms with Crippen LogP contribution in [0.15, 0.2) is 0 Å². The van der Waals surface area contributed by atoms with E-state index in [4.69, 9.17) is 0 Å². The van der Waals surface area contributed by atoms with E-state index < -0.39 is 5.60 Å². The molecule has 0 aromatic rings. The van der Waals surface area contributed by atoms with Crippen LogP contribution in [-0.4, -0.2) is 22.4 Å². The lowest BCUT2D eigenvalue weighted by molar-refractivity contribution is -0.124. The van der Waals surface area contributed by atoms with Crippen LogP contribution in [0, 0.1) is 11.3 Å². The first-order chi connectivity index (χ1) is 7.53. The molecule has 0 spiro atoms. The van der Waals surface area contributed by atoms with Crippen molar-refractivity contribution >= 4 is 0 Å². The van der Waals surface area contributed by atoms with Crippen LogP contribution in [0.25, 0.3) is 0 Å². The van der Waals surface area contributed by atoms with Crippen LogP contribution in [0.2, 0.25) is 0 Å². The Morgan fingerprint density at radius 3 is 2.31 bits per heavy atom. The molecule has 0 saturated heterocycles. The summed E-state index contributed by atoms with van der Waals surface area (Å²) >= 11 is 0. The summed E-state index contributed by atoms with van der Waals surface area (Å²) < 4.78 is 0. The molecule has 0 heterocycles. The van der Waals surface area contributed by atoms with Gasteiger partial charge in [-0.2, -0.15) is 0 Å².